The Kier molecular flexibility index (Phi) is 3.46. The Labute approximate surface area is 104 Å². The van der Waals surface area contributed by atoms with Crippen LogP contribution in [0.5, 0.6) is 5.75 Å². The highest BCUT2D eigenvalue weighted by Gasteiger charge is 2.10. The van der Waals surface area contributed by atoms with Crippen LogP contribution in [0.2, 0.25) is 5.02 Å². The van der Waals surface area contributed by atoms with E-state index in [1.54, 1.807) is 18.4 Å². The topological polar surface area (TPSA) is 22.1 Å². The number of aryl methyl sites for hydroxylation is 1. The van der Waals surface area contributed by atoms with Gasteiger partial charge in [-0.15, -0.1) is 11.3 Å². The van der Waals surface area contributed by atoms with Crippen LogP contribution in [0.4, 0.5) is 0 Å². The lowest BCUT2D eigenvalue weighted by molar-refractivity contribution is 0.416. The van der Waals surface area contributed by atoms with Crippen LogP contribution in [0.25, 0.3) is 10.6 Å². The van der Waals surface area contributed by atoms with Crippen LogP contribution in [0.1, 0.15) is 12.6 Å². The van der Waals surface area contributed by atoms with Crippen molar-refractivity contribution in [2.45, 2.75) is 13.3 Å². The first-order valence-corrected chi connectivity index (χ1v) is 6.28. The summed E-state index contributed by atoms with van der Waals surface area (Å²) in [5.41, 5.74) is 2.11. The average molecular weight is 254 g/mol. The van der Waals surface area contributed by atoms with Crippen LogP contribution in [0.3, 0.4) is 0 Å². The molecule has 16 heavy (non-hydrogen) atoms. The SMILES string of the molecule is CCc1csc(-c2ccc(Cl)cc2OC)n1. The highest BCUT2D eigenvalue weighted by Crippen LogP contribution is 2.34. The number of ether oxygens (including phenoxy) is 1. The molecule has 0 saturated carbocycles. The van der Waals surface area contributed by atoms with Gasteiger partial charge in [0.15, 0.2) is 0 Å². The third-order valence-corrected chi connectivity index (χ3v) is 3.47. The van der Waals surface area contributed by atoms with Gasteiger partial charge < -0.3 is 4.74 Å². The van der Waals surface area contributed by atoms with Gasteiger partial charge in [0.2, 0.25) is 0 Å². The Morgan fingerprint density at radius 3 is 2.88 bits per heavy atom. The summed E-state index contributed by atoms with van der Waals surface area (Å²) in [5, 5.41) is 3.72. The number of rotatable bonds is 3. The number of hydrogen-bond acceptors (Lipinski definition) is 3. The van der Waals surface area contributed by atoms with Gasteiger partial charge in [0.1, 0.15) is 10.8 Å². The second kappa shape index (κ2) is 4.85. The second-order valence-corrected chi connectivity index (χ2v) is 4.64. The summed E-state index contributed by atoms with van der Waals surface area (Å²) in [4.78, 5) is 4.53. The minimum Gasteiger partial charge on any atom is -0.496 e. The molecular weight excluding hydrogens is 242 g/mol. The first kappa shape index (κ1) is 11.4. The molecule has 0 aliphatic carbocycles. The molecule has 0 spiro atoms. The maximum absolute atomic E-state index is 5.92. The lowest BCUT2D eigenvalue weighted by Gasteiger charge is -2.05. The molecule has 84 valence electrons. The second-order valence-electron chi connectivity index (χ2n) is 3.34. The predicted octanol–water partition coefficient (Wildman–Crippen LogP) is 4.03. The monoisotopic (exact) mass is 253 g/mol. The van der Waals surface area contributed by atoms with Crippen molar-refractivity contribution in [2.24, 2.45) is 0 Å². The van der Waals surface area contributed by atoms with E-state index in [0.717, 1.165) is 28.4 Å². The van der Waals surface area contributed by atoms with E-state index in [4.69, 9.17) is 16.3 Å². The van der Waals surface area contributed by atoms with Crippen molar-refractivity contribution in [2.75, 3.05) is 7.11 Å². The Hall–Kier alpha value is -1.06. The van der Waals surface area contributed by atoms with Crippen LogP contribution in [0.15, 0.2) is 23.6 Å². The van der Waals surface area contributed by atoms with Crippen LogP contribution in [-0.4, -0.2) is 12.1 Å². The Bertz CT molecular complexity index is 496. The Morgan fingerprint density at radius 2 is 2.25 bits per heavy atom. The molecule has 0 unspecified atom stereocenters. The fourth-order valence-electron chi connectivity index (χ4n) is 1.43. The number of aromatic nitrogens is 1. The van der Waals surface area contributed by atoms with Crippen LogP contribution >= 0.6 is 22.9 Å². The third-order valence-electron chi connectivity index (χ3n) is 2.31. The molecule has 4 heteroatoms. The first-order chi connectivity index (χ1) is 7.74. The first-order valence-electron chi connectivity index (χ1n) is 5.03. The van der Waals surface area contributed by atoms with Crippen molar-refractivity contribution in [1.82, 2.24) is 4.98 Å². The van der Waals surface area contributed by atoms with E-state index in [1.165, 1.54) is 0 Å². The highest BCUT2D eigenvalue weighted by molar-refractivity contribution is 7.13. The van der Waals surface area contributed by atoms with Crippen LogP contribution < -0.4 is 4.74 Å². The zero-order valence-corrected chi connectivity index (χ0v) is 10.7. The van der Waals surface area contributed by atoms with Gasteiger partial charge in [-0.1, -0.05) is 18.5 Å². The molecule has 0 N–H and O–H groups in total. The van der Waals surface area contributed by atoms with E-state index in [2.05, 4.69) is 17.3 Å². The van der Waals surface area contributed by atoms with Crippen LogP contribution in [0, 0.1) is 0 Å². The maximum Gasteiger partial charge on any atom is 0.130 e. The normalized spacial score (nSPS) is 10.4. The molecule has 2 aromatic rings. The number of benzene rings is 1. The largest absolute Gasteiger partial charge is 0.496 e. The summed E-state index contributed by atoms with van der Waals surface area (Å²) < 4.78 is 5.31. The summed E-state index contributed by atoms with van der Waals surface area (Å²) in [6.45, 7) is 2.10. The average Bonchev–Trinajstić information content (AvgIpc) is 2.77. The lowest BCUT2D eigenvalue weighted by atomic mass is 10.2. The van der Waals surface area contributed by atoms with E-state index in [0.29, 0.717) is 5.02 Å². The van der Waals surface area contributed by atoms with Crippen molar-refractivity contribution in [3.05, 3.63) is 34.3 Å². The quantitative estimate of drug-likeness (QED) is 0.824. The molecule has 0 aliphatic rings. The molecule has 0 amide bonds. The minimum absolute atomic E-state index is 0.674. The van der Waals surface area contributed by atoms with E-state index < -0.39 is 0 Å². The molecule has 2 nitrogen and oxygen atoms in total. The fourth-order valence-corrected chi connectivity index (χ4v) is 2.53. The van der Waals surface area contributed by atoms with Gasteiger partial charge in [-0.2, -0.15) is 0 Å². The minimum atomic E-state index is 0.674. The zero-order chi connectivity index (χ0) is 11.5. The molecule has 0 atom stereocenters. The molecular formula is C12H12ClNOS. The highest BCUT2D eigenvalue weighted by atomic mass is 35.5. The maximum atomic E-state index is 5.92. The van der Waals surface area contributed by atoms with Crippen molar-refractivity contribution in [3.8, 4) is 16.3 Å². The summed E-state index contributed by atoms with van der Waals surface area (Å²) in [5.74, 6) is 0.768. The molecule has 0 saturated heterocycles. The van der Waals surface area contributed by atoms with Crippen molar-refractivity contribution >= 4 is 22.9 Å². The van der Waals surface area contributed by atoms with Gasteiger partial charge in [-0.05, 0) is 24.6 Å². The van der Waals surface area contributed by atoms with Gasteiger partial charge in [-0.25, -0.2) is 4.98 Å². The summed E-state index contributed by atoms with van der Waals surface area (Å²) in [6, 6.07) is 5.61. The number of halogens is 1. The zero-order valence-electron chi connectivity index (χ0n) is 9.16. The van der Waals surface area contributed by atoms with Crippen molar-refractivity contribution in [1.29, 1.82) is 0 Å². The molecule has 0 aliphatic heterocycles. The van der Waals surface area contributed by atoms with Gasteiger partial charge in [0.25, 0.3) is 0 Å². The lowest BCUT2D eigenvalue weighted by Crippen LogP contribution is -1.88. The number of hydrogen-bond donors (Lipinski definition) is 0. The summed E-state index contributed by atoms with van der Waals surface area (Å²) >= 11 is 7.55. The molecule has 1 aromatic heterocycles. The smallest absolute Gasteiger partial charge is 0.130 e. The van der Waals surface area contributed by atoms with Gasteiger partial charge in [0, 0.05) is 10.4 Å². The van der Waals surface area contributed by atoms with E-state index in [1.807, 2.05) is 18.2 Å². The third kappa shape index (κ3) is 2.20. The number of methoxy groups -OCH3 is 1. The predicted molar refractivity (Wildman–Crippen MR) is 68.5 cm³/mol. The molecule has 1 heterocycles. The Morgan fingerprint density at radius 1 is 1.44 bits per heavy atom. The summed E-state index contributed by atoms with van der Waals surface area (Å²) in [7, 11) is 1.64. The van der Waals surface area contributed by atoms with Gasteiger partial charge in [0.05, 0.1) is 18.4 Å². The number of nitrogens with zero attached hydrogens (tertiary/aromatic N) is 1. The fraction of sp³-hybridized carbons (Fsp3) is 0.250. The molecule has 0 bridgehead atoms. The van der Waals surface area contributed by atoms with Gasteiger partial charge >= 0.3 is 0 Å². The molecule has 0 radical (unpaired) electrons. The van der Waals surface area contributed by atoms with Crippen molar-refractivity contribution < 1.29 is 4.74 Å². The van der Waals surface area contributed by atoms with Gasteiger partial charge in [-0.3, -0.25) is 0 Å². The molecule has 2 rings (SSSR count). The van der Waals surface area contributed by atoms with Crippen LogP contribution in [-0.2, 0) is 6.42 Å². The molecule has 0 fully saturated rings. The van der Waals surface area contributed by atoms with E-state index in [-0.39, 0.29) is 0 Å². The standard InChI is InChI=1S/C12H12ClNOS/c1-3-9-7-16-12(14-9)10-5-4-8(13)6-11(10)15-2/h4-7H,3H2,1-2H3. The number of thiazole rings is 1. The Balaban J connectivity index is 2.46. The van der Waals surface area contributed by atoms with E-state index >= 15 is 0 Å². The van der Waals surface area contributed by atoms with E-state index in [9.17, 15) is 0 Å². The summed E-state index contributed by atoms with van der Waals surface area (Å²) in [6.07, 6.45) is 0.951. The van der Waals surface area contributed by atoms with Crippen molar-refractivity contribution in [3.63, 3.8) is 0 Å². The molecule has 1 aromatic carbocycles.